The molecule has 170 valence electrons. The Hall–Kier alpha value is -2.80. The van der Waals surface area contributed by atoms with Gasteiger partial charge in [-0.25, -0.2) is 0 Å². The van der Waals surface area contributed by atoms with Gasteiger partial charge >= 0.3 is 12.1 Å². The third-order valence-electron chi connectivity index (χ3n) is 5.65. The van der Waals surface area contributed by atoms with Crippen molar-refractivity contribution in [2.75, 3.05) is 0 Å². The lowest BCUT2D eigenvalue weighted by atomic mass is 9.98. The lowest BCUT2D eigenvalue weighted by molar-refractivity contribution is -0.137. The van der Waals surface area contributed by atoms with Crippen molar-refractivity contribution in [3.05, 3.63) is 74.5 Å². The number of aryl methyl sites for hydroxylation is 2. The summed E-state index contributed by atoms with van der Waals surface area (Å²) < 4.78 is 46.9. The Morgan fingerprint density at radius 1 is 1.06 bits per heavy atom. The van der Waals surface area contributed by atoms with Crippen molar-refractivity contribution in [3.8, 4) is 16.9 Å². The molecule has 0 fully saturated rings. The van der Waals surface area contributed by atoms with Gasteiger partial charge in [0.05, 0.1) is 0 Å². The van der Waals surface area contributed by atoms with Crippen LogP contribution in [-0.2, 0) is 30.4 Å². The van der Waals surface area contributed by atoms with Crippen LogP contribution in [0, 0.1) is 13.8 Å². The molecule has 0 spiro atoms. The van der Waals surface area contributed by atoms with E-state index in [2.05, 4.69) is 0 Å². The van der Waals surface area contributed by atoms with Crippen molar-refractivity contribution >= 4 is 17.3 Å². The molecule has 0 amide bonds. The SMILES string of the molecule is CCc1ccc(-c2csc(C(F)(F)F)c2COc2ccc(CCC(=O)O)c(C)c2C)cc1. The fourth-order valence-electron chi connectivity index (χ4n) is 3.60. The minimum Gasteiger partial charge on any atom is -0.489 e. The monoisotopic (exact) mass is 462 g/mol. The molecule has 3 nitrogen and oxygen atoms in total. The second-order valence-corrected chi connectivity index (χ2v) is 8.54. The third kappa shape index (κ3) is 5.33. The van der Waals surface area contributed by atoms with Crippen molar-refractivity contribution in [1.29, 1.82) is 0 Å². The van der Waals surface area contributed by atoms with Gasteiger partial charge in [-0.3, -0.25) is 4.79 Å². The second-order valence-electron chi connectivity index (χ2n) is 7.66. The molecule has 0 unspecified atom stereocenters. The molecule has 3 aromatic rings. The first-order valence-electron chi connectivity index (χ1n) is 10.3. The number of carboxylic acid groups (broad SMARTS) is 1. The first-order valence-corrected chi connectivity index (χ1v) is 11.2. The average Bonchev–Trinajstić information content (AvgIpc) is 3.18. The number of carbonyl (C=O) groups is 1. The summed E-state index contributed by atoms with van der Waals surface area (Å²) in [5.74, 6) is -0.382. The van der Waals surface area contributed by atoms with E-state index in [4.69, 9.17) is 9.84 Å². The van der Waals surface area contributed by atoms with Crippen molar-refractivity contribution in [2.45, 2.75) is 52.8 Å². The largest absolute Gasteiger partial charge is 0.489 e. The van der Waals surface area contributed by atoms with Gasteiger partial charge in [-0.1, -0.05) is 37.3 Å². The number of ether oxygens (including phenoxy) is 1. The van der Waals surface area contributed by atoms with E-state index >= 15 is 0 Å². The molecule has 0 saturated carbocycles. The van der Waals surface area contributed by atoms with Crippen LogP contribution in [0.5, 0.6) is 5.75 Å². The molecular formula is C25H25F3O3S. The average molecular weight is 463 g/mol. The van der Waals surface area contributed by atoms with E-state index in [9.17, 15) is 18.0 Å². The smallest absolute Gasteiger partial charge is 0.426 e. The minimum atomic E-state index is -4.46. The molecule has 1 heterocycles. The van der Waals surface area contributed by atoms with Crippen LogP contribution < -0.4 is 4.74 Å². The number of alkyl halides is 3. The van der Waals surface area contributed by atoms with Crippen LogP contribution in [-0.4, -0.2) is 11.1 Å². The van der Waals surface area contributed by atoms with Gasteiger partial charge in [0.15, 0.2) is 0 Å². The first kappa shape index (κ1) is 23.9. The Bertz CT molecular complexity index is 1100. The number of aliphatic carboxylic acids is 1. The minimum absolute atomic E-state index is 0.0184. The summed E-state index contributed by atoms with van der Waals surface area (Å²) in [6.07, 6.45) is -3.20. The van der Waals surface area contributed by atoms with Gasteiger partial charge < -0.3 is 9.84 Å². The van der Waals surface area contributed by atoms with Crippen molar-refractivity contribution < 1.29 is 27.8 Å². The van der Waals surface area contributed by atoms with Crippen molar-refractivity contribution in [1.82, 2.24) is 0 Å². The number of carboxylic acids is 1. The summed E-state index contributed by atoms with van der Waals surface area (Å²) in [5, 5.41) is 10.4. The van der Waals surface area contributed by atoms with Crippen LogP contribution in [0.2, 0.25) is 0 Å². The number of hydrogen-bond donors (Lipinski definition) is 1. The lowest BCUT2D eigenvalue weighted by Crippen LogP contribution is -2.09. The van der Waals surface area contributed by atoms with E-state index in [1.165, 1.54) is 5.38 Å². The zero-order valence-corrected chi connectivity index (χ0v) is 19.0. The highest BCUT2D eigenvalue weighted by Gasteiger charge is 2.36. The molecule has 0 saturated heterocycles. The van der Waals surface area contributed by atoms with Crippen LogP contribution in [0.25, 0.3) is 11.1 Å². The molecule has 0 atom stereocenters. The molecule has 7 heteroatoms. The van der Waals surface area contributed by atoms with E-state index in [0.717, 1.165) is 34.2 Å². The van der Waals surface area contributed by atoms with E-state index in [1.54, 1.807) is 12.1 Å². The molecular weight excluding hydrogens is 437 g/mol. The standard InChI is InChI=1S/C25H25F3O3S/c1-4-17-5-7-19(8-6-17)21-14-32-24(25(26,27)28)20(21)13-31-22-11-9-18(10-12-23(29)30)15(2)16(22)3/h5-9,11,14H,4,10,12-13H2,1-3H3,(H,29,30). The lowest BCUT2D eigenvalue weighted by Gasteiger charge is -2.16. The molecule has 2 aromatic carbocycles. The Morgan fingerprint density at radius 2 is 1.75 bits per heavy atom. The van der Waals surface area contributed by atoms with Gasteiger partial charge in [0.25, 0.3) is 0 Å². The maximum atomic E-state index is 13.7. The third-order valence-corrected chi connectivity index (χ3v) is 6.72. The fraction of sp³-hybridized carbons (Fsp3) is 0.320. The zero-order chi connectivity index (χ0) is 23.5. The molecule has 0 aliphatic rings. The number of halogens is 3. The molecule has 0 aliphatic carbocycles. The van der Waals surface area contributed by atoms with Crippen LogP contribution in [0.15, 0.2) is 41.8 Å². The molecule has 32 heavy (non-hydrogen) atoms. The molecule has 3 rings (SSSR count). The van der Waals surface area contributed by atoms with Gasteiger partial charge in [0.1, 0.15) is 17.2 Å². The highest BCUT2D eigenvalue weighted by Crippen LogP contribution is 2.42. The number of hydrogen-bond acceptors (Lipinski definition) is 3. The highest BCUT2D eigenvalue weighted by molar-refractivity contribution is 7.10. The summed E-state index contributed by atoms with van der Waals surface area (Å²) in [4.78, 5) is 10.2. The first-order chi connectivity index (χ1) is 15.1. The quantitative estimate of drug-likeness (QED) is 0.385. The number of benzene rings is 2. The molecule has 1 N–H and O–H groups in total. The molecule has 1 aromatic heterocycles. The van der Waals surface area contributed by atoms with Gasteiger partial charge in [-0.05, 0) is 71.5 Å². The maximum absolute atomic E-state index is 13.7. The van der Waals surface area contributed by atoms with Crippen LogP contribution >= 0.6 is 11.3 Å². The van der Waals surface area contributed by atoms with Gasteiger partial charge in [-0.2, -0.15) is 13.2 Å². The van der Waals surface area contributed by atoms with Crippen LogP contribution in [0.4, 0.5) is 13.2 Å². The summed E-state index contributed by atoms with van der Waals surface area (Å²) in [6.45, 7) is 5.51. The summed E-state index contributed by atoms with van der Waals surface area (Å²) in [5.41, 5.74) is 5.07. The Kier molecular flexibility index (Phi) is 7.29. The van der Waals surface area contributed by atoms with Gasteiger partial charge in [0, 0.05) is 12.0 Å². The van der Waals surface area contributed by atoms with Gasteiger partial charge in [-0.15, -0.1) is 11.3 Å². The van der Waals surface area contributed by atoms with Crippen LogP contribution in [0.3, 0.4) is 0 Å². The number of rotatable bonds is 8. The van der Waals surface area contributed by atoms with E-state index in [0.29, 0.717) is 29.1 Å². The summed E-state index contributed by atoms with van der Waals surface area (Å²) in [6, 6.07) is 11.0. The van der Waals surface area contributed by atoms with Gasteiger partial charge in [0.2, 0.25) is 0 Å². The predicted molar refractivity (Wildman–Crippen MR) is 120 cm³/mol. The second kappa shape index (κ2) is 9.77. The Morgan fingerprint density at radius 3 is 2.34 bits per heavy atom. The normalized spacial score (nSPS) is 11.6. The Balaban J connectivity index is 1.90. The van der Waals surface area contributed by atoms with Crippen LogP contribution in [0.1, 0.15) is 46.0 Å². The molecule has 0 radical (unpaired) electrons. The fourth-order valence-corrected chi connectivity index (χ4v) is 4.56. The maximum Gasteiger partial charge on any atom is 0.426 e. The van der Waals surface area contributed by atoms with E-state index < -0.39 is 17.0 Å². The zero-order valence-electron chi connectivity index (χ0n) is 18.2. The molecule has 0 bridgehead atoms. The highest BCUT2D eigenvalue weighted by atomic mass is 32.1. The number of thiophene rings is 1. The van der Waals surface area contributed by atoms with E-state index in [1.807, 2.05) is 45.0 Å². The van der Waals surface area contributed by atoms with Crippen molar-refractivity contribution in [2.24, 2.45) is 0 Å². The summed E-state index contributed by atoms with van der Waals surface area (Å²) in [7, 11) is 0. The topological polar surface area (TPSA) is 46.5 Å². The molecule has 0 aliphatic heterocycles. The van der Waals surface area contributed by atoms with Crippen molar-refractivity contribution in [3.63, 3.8) is 0 Å². The summed E-state index contributed by atoms with van der Waals surface area (Å²) >= 11 is 0.682. The van der Waals surface area contributed by atoms with E-state index in [-0.39, 0.29) is 18.6 Å². The predicted octanol–water partition coefficient (Wildman–Crippen LogP) is 7.21. The Labute approximate surface area is 189 Å².